The van der Waals surface area contributed by atoms with Crippen LogP contribution in [-0.4, -0.2) is 28.3 Å². The molecule has 0 aromatic carbocycles. The maximum atomic E-state index is 3.55. The van der Waals surface area contributed by atoms with Crippen molar-refractivity contribution in [1.82, 2.24) is 8.43 Å². The molecule has 3 heteroatoms. The van der Waals surface area contributed by atoms with Crippen molar-refractivity contribution in [2.45, 2.75) is 24.8 Å². The summed E-state index contributed by atoms with van der Waals surface area (Å²) in [6.45, 7) is 3.79. The molecule has 2 aliphatic rings. The van der Waals surface area contributed by atoms with Gasteiger partial charge >= 0.3 is 0 Å². The van der Waals surface area contributed by atoms with Gasteiger partial charge < -0.3 is 5.32 Å². The van der Waals surface area contributed by atoms with Crippen molar-refractivity contribution >= 4 is 22.9 Å². The van der Waals surface area contributed by atoms with Crippen LogP contribution < -0.4 is 5.32 Å². The number of hydrogen-bond donors (Lipinski definition) is 1. The lowest BCUT2D eigenvalue weighted by molar-refractivity contribution is 0.132. The Morgan fingerprint density at radius 3 is 2.20 bits per heavy atom. The molecule has 0 aromatic heterocycles. The van der Waals surface area contributed by atoms with Crippen molar-refractivity contribution in [2.75, 3.05) is 19.6 Å². The van der Waals surface area contributed by atoms with Gasteiger partial charge in [0.05, 0.1) is 0 Å². The van der Waals surface area contributed by atoms with Crippen LogP contribution in [0.25, 0.3) is 0 Å². The summed E-state index contributed by atoms with van der Waals surface area (Å²) < 4.78 is 2.39. The third kappa shape index (κ3) is 1.19. The molecule has 2 fully saturated rings. The van der Waals surface area contributed by atoms with Crippen molar-refractivity contribution in [2.24, 2.45) is 0 Å². The number of rotatable bonds is 0. The summed E-state index contributed by atoms with van der Waals surface area (Å²) in [6.07, 6.45) is 4.13. The van der Waals surface area contributed by atoms with Crippen molar-refractivity contribution < 1.29 is 0 Å². The fourth-order valence-electron chi connectivity index (χ4n) is 1.81. The van der Waals surface area contributed by atoms with E-state index in [9.17, 15) is 0 Å². The Morgan fingerprint density at radius 1 is 1.20 bits per heavy atom. The Hall–Kier alpha value is 0.650. The molecule has 0 aromatic rings. The highest BCUT2D eigenvalue weighted by Crippen LogP contribution is 2.31. The molecule has 0 bridgehead atoms. The predicted molar refractivity (Wildman–Crippen MR) is 50.2 cm³/mol. The van der Waals surface area contributed by atoms with Crippen LogP contribution in [0, 0.1) is 0 Å². The lowest BCUT2D eigenvalue weighted by Gasteiger charge is -2.47. The second-order valence-electron chi connectivity index (χ2n) is 3.37. The summed E-state index contributed by atoms with van der Waals surface area (Å²) in [7, 11) is 0. The van der Waals surface area contributed by atoms with E-state index in [4.69, 9.17) is 0 Å². The summed E-state index contributed by atoms with van der Waals surface area (Å²) in [6, 6.07) is 0. The molecule has 10 heavy (non-hydrogen) atoms. The lowest BCUT2D eigenvalue weighted by Crippen LogP contribution is -2.60. The van der Waals surface area contributed by atoms with E-state index in [-0.39, 0.29) is 0 Å². The van der Waals surface area contributed by atoms with E-state index in [0.717, 1.165) is 0 Å². The molecule has 0 amide bonds. The molecule has 2 nitrogen and oxygen atoms in total. The number of hydrogen-bond acceptors (Lipinski definition) is 2. The summed E-state index contributed by atoms with van der Waals surface area (Å²) in [4.78, 5) is 0. The molecule has 1 N–H and O–H groups in total. The molecule has 0 saturated carbocycles. The molecule has 1 spiro atoms. The minimum Gasteiger partial charge on any atom is -0.311 e. The molecule has 2 aliphatic heterocycles. The van der Waals surface area contributed by atoms with Gasteiger partial charge in [0.1, 0.15) is 0 Å². The van der Waals surface area contributed by atoms with Gasteiger partial charge in [-0.2, -0.15) is 0 Å². The fourth-order valence-corrected chi connectivity index (χ4v) is 2.30. The van der Waals surface area contributed by atoms with E-state index in [1.165, 1.54) is 38.9 Å². The van der Waals surface area contributed by atoms with Gasteiger partial charge in [0.2, 0.25) is 0 Å². The first-order chi connectivity index (χ1) is 4.81. The predicted octanol–water partition coefficient (Wildman–Crippen LogP) is 1.16. The van der Waals surface area contributed by atoms with Gasteiger partial charge in [-0.15, -0.1) is 0 Å². The van der Waals surface area contributed by atoms with Gasteiger partial charge in [0, 0.05) is 41.5 Å². The van der Waals surface area contributed by atoms with E-state index in [1.54, 1.807) is 0 Å². The molecule has 58 valence electrons. The first-order valence-corrected chi connectivity index (χ1v) is 4.93. The SMILES string of the molecule is IN1CCC2(CCN2)CC1. The lowest BCUT2D eigenvalue weighted by atomic mass is 9.80. The fraction of sp³-hybridized carbons (Fsp3) is 1.00. The first-order valence-electron chi connectivity index (χ1n) is 3.97. The Labute approximate surface area is 75.8 Å². The van der Waals surface area contributed by atoms with Crippen LogP contribution in [0.4, 0.5) is 0 Å². The number of piperidine rings is 1. The van der Waals surface area contributed by atoms with Crippen molar-refractivity contribution in [1.29, 1.82) is 0 Å². The number of nitrogens with one attached hydrogen (secondary N) is 1. The standard InChI is InChI=1S/C7H13IN2/c8-10-5-2-7(3-6-10)1-4-9-7/h9H,1-6H2. The smallest absolute Gasteiger partial charge is 0.0218 e. The van der Waals surface area contributed by atoms with Crippen LogP contribution in [0.5, 0.6) is 0 Å². The summed E-state index contributed by atoms with van der Waals surface area (Å²) in [5.41, 5.74) is 0.585. The average molecular weight is 252 g/mol. The molecule has 0 unspecified atom stereocenters. The van der Waals surface area contributed by atoms with Crippen molar-refractivity contribution in [3.8, 4) is 0 Å². The molecule has 2 heterocycles. The highest BCUT2D eigenvalue weighted by molar-refractivity contribution is 14.1. The largest absolute Gasteiger partial charge is 0.311 e. The van der Waals surface area contributed by atoms with E-state index < -0.39 is 0 Å². The molecule has 0 aliphatic carbocycles. The monoisotopic (exact) mass is 252 g/mol. The van der Waals surface area contributed by atoms with Crippen molar-refractivity contribution in [3.63, 3.8) is 0 Å². The number of halogens is 1. The zero-order valence-corrected chi connectivity index (χ0v) is 8.23. The van der Waals surface area contributed by atoms with Gasteiger partial charge in [0.25, 0.3) is 0 Å². The van der Waals surface area contributed by atoms with Gasteiger partial charge in [-0.1, -0.05) is 0 Å². The molecule has 2 saturated heterocycles. The summed E-state index contributed by atoms with van der Waals surface area (Å²) in [5, 5.41) is 3.55. The Bertz CT molecular complexity index is 124. The highest BCUT2D eigenvalue weighted by Gasteiger charge is 2.38. The van der Waals surface area contributed by atoms with Crippen LogP contribution in [-0.2, 0) is 0 Å². The minimum absolute atomic E-state index is 0.585. The summed E-state index contributed by atoms with van der Waals surface area (Å²) in [5.74, 6) is 0. The average Bonchev–Trinajstić information content (AvgIpc) is 1.86. The topological polar surface area (TPSA) is 15.3 Å². The first kappa shape index (κ1) is 7.31. The van der Waals surface area contributed by atoms with Crippen LogP contribution in [0.3, 0.4) is 0 Å². The Morgan fingerprint density at radius 2 is 1.80 bits per heavy atom. The van der Waals surface area contributed by atoms with E-state index in [2.05, 4.69) is 31.3 Å². The van der Waals surface area contributed by atoms with Gasteiger partial charge in [0.15, 0.2) is 0 Å². The van der Waals surface area contributed by atoms with Crippen LogP contribution >= 0.6 is 22.9 Å². The third-order valence-electron chi connectivity index (χ3n) is 2.77. The number of nitrogens with zero attached hydrogens (tertiary/aromatic N) is 1. The third-order valence-corrected chi connectivity index (χ3v) is 3.73. The zero-order valence-electron chi connectivity index (χ0n) is 6.07. The Kier molecular flexibility index (Phi) is 1.90. The highest BCUT2D eigenvalue weighted by atomic mass is 127. The second-order valence-corrected chi connectivity index (χ2v) is 4.73. The second kappa shape index (κ2) is 2.60. The molecule has 0 radical (unpaired) electrons. The molecule has 2 rings (SSSR count). The van der Waals surface area contributed by atoms with E-state index in [0.29, 0.717) is 5.54 Å². The van der Waals surface area contributed by atoms with Gasteiger partial charge in [-0.3, -0.25) is 0 Å². The normalized spacial score (nSPS) is 32.1. The molecular formula is C7H13IN2. The van der Waals surface area contributed by atoms with Crippen LogP contribution in [0.2, 0.25) is 0 Å². The molecular weight excluding hydrogens is 239 g/mol. The quantitative estimate of drug-likeness (QED) is 0.514. The van der Waals surface area contributed by atoms with Crippen molar-refractivity contribution in [3.05, 3.63) is 0 Å². The summed E-state index contributed by atoms with van der Waals surface area (Å²) >= 11 is 2.42. The maximum absolute atomic E-state index is 3.55. The maximum Gasteiger partial charge on any atom is 0.0218 e. The van der Waals surface area contributed by atoms with Crippen LogP contribution in [0.1, 0.15) is 19.3 Å². The van der Waals surface area contributed by atoms with Gasteiger partial charge in [-0.05, 0) is 25.8 Å². The zero-order chi connectivity index (χ0) is 7.03. The van der Waals surface area contributed by atoms with Gasteiger partial charge in [-0.25, -0.2) is 3.11 Å². The minimum atomic E-state index is 0.585. The van der Waals surface area contributed by atoms with E-state index >= 15 is 0 Å². The van der Waals surface area contributed by atoms with Crippen LogP contribution in [0.15, 0.2) is 0 Å². The molecule has 0 atom stereocenters. The van der Waals surface area contributed by atoms with E-state index in [1.807, 2.05) is 0 Å². The Balaban J connectivity index is 1.90.